The maximum absolute atomic E-state index is 12.3. The third kappa shape index (κ3) is 2.88. The molecule has 14 heavy (non-hydrogen) atoms. The molecular formula is C8H13FN4O. The molecule has 0 aliphatic carbocycles. The van der Waals surface area contributed by atoms with Crippen LogP contribution in [0.3, 0.4) is 0 Å². The predicted octanol–water partition coefficient (Wildman–Crippen LogP) is 1.50. The van der Waals surface area contributed by atoms with Gasteiger partial charge in [-0.3, -0.25) is 9.18 Å². The van der Waals surface area contributed by atoms with E-state index in [1.54, 1.807) is 4.90 Å². The van der Waals surface area contributed by atoms with Crippen LogP contribution in [0.1, 0.15) is 12.8 Å². The Kier molecular flexibility index (Phi) is 4.19. The summed E-state index contributed by atoms with van der Waals surface area (Å²) in [6, 6.07) is 0. The van der Waals surface area contributed by atoms with Crippen LogP contribution in [0.5, 0.6) is 0 Å². The van der Waals surface area contributed by atoms with Crippen LogP contribution in [0, 0.1) is 5.92 Å². The average molecular weight is 200 g/mol. The Balaban J connectivity index is 2.42. The number of hydrogen-bond acceptors (Lipinski definition) is 2. The number of alkyl halides is 1. The van der Waals surface area contributed by atoms with Crippen molar-refractivity contribution in [2.45, 2.75) is 12.8 Å². The molecule has 0 unspecified atom stereocenters. The second-order valence-corrected chi connectivity index (χ2v) is 3.39. The van der Waals surface area contributed by atoms with Gasteiger partial charge in [0.15, 0.2) is 0 Å². The fourth-order valence-corrected chi connectivity index (χ4v) is 1.61. The average Bonchev–Trinajstić information content (AvgIpc) is 2.26. The molecule has 0 spiro atoms. The van der Waals surface area contributed by atoms with Crippen LogP contribution >= 0.6 is 0 Å². The highest BCUT2D eigenvalue weighted by atomic mass is 19.1. The van der Waals surface area contributed by atoms with Crippen molar-refractivity contribution in [1.82, 2.24) is 4.90 Å². The number of rotatable bonds is 3. The number of likely N-dealkylation sites (tertiary alicyclic amines) is 1. The van der Waals surface area contributed by atoms with Crippen molar-refractivity contribution in [2.24, 2.45) is 11.0 Å². The van der Waals surface area contributed by atoms with E-state index in [1.807, 2.05) is 0 Å². The lowest BCUT2D eigenvalue weighted by Gasteiger charge is -2.31. The molecule has 0 radical (unpaired) electrons. The predicted molar refractivity (Wildman–Crippen MR) is 49.3 cm³/mol. The van der Waals surface area contributed by atoms with E-state index >= 15 is 0 Å². The zero-order valence-corrected chi connectivity index (χ0v) is 7.90. The molecule has 5 nitrogen and oxygen atoms in total. The van der Waals surface area contributed by atoms with Gasteiger partial charge in [-0.25, -0.2) is 0 Å². The summed E-state index contributed by atoms with van der Waals surface area (Å²) in [5.41, 5.74) is 8.04. The number of piperidine rings is 1. The van der Waals surface area contributed by atoms with Crippen LogP contribution in [0.25, 0.3) is 10.4 Å². The van der Waals surface area contributed by atoms with Gasteiger partial charge in [0, 0.05) is 23.9 Å². The summed E-state index contributed by atoms with van der Waals surface area (Å²) in [5, 5.41) is 3.19. The highest BCUT2D eigenvalue weighted by Gasteiger charge is 2.22. The highest BCUT2D eigenvalue weighted by Crippen LogP contribution is 2.16. The van der Waals surface area contributed by atoms with E-state index in [1.165, 1.54) is 0 Å². The number of carbonyl (C=O) groups excluding carboxylic acids is 1. The van der Waals surface area contributed by atoms with Gasteiger partial charge in [0.2, 0.25) is 5.91 Å². The summed E-state index contributed by atoms with van der Waals surface area (Å²) in [4.78, 5) is 15.4. The first-order chi connectivity index (χ1) is 6.77. The van der Waals surface area contributed by atoms with E-state index in [4.69, 9.17) is 5.53 Å². The van der Waals surface area contributed by atoms with Gasteiger partial charge in [0.25, 0.3) is 0 Å². The Morgan fingerprint density at radius 1 is 1.71 bits per heavy atom. The molecule has 78 valence electrons. The molecule has 0 aromatic rings. The zero-order valence-electron chi connectivity index (χ0n) is 7.90. The van der Waals surface area contributed by atoms with E-state index in [0.29, 0.717) is 13.1 Å². The number of azide groups is 1. The molecule has 0 bridgehead atoms. The summed E-state index contributed by atoms with van der Waals surface area (Å²) < 4.78 is 12.3. The Labute approximate surface area is 81.5 Å². The van der Waals surface area contributed by atoms with E-state index in [9.17, 15) is 9.18 Å². The fraction of sp³-hybridized carbons (Fsp3) is 0.875. The molecule has 1 heterocycles. The minimum atomic E-state index is -0.384. The van der Waals surface area contributed by atoms with Gasteiger partial charge in [-0.15, -0.1) is 0 Å². The summed E-state index contributed by atoms with van der Waals surface area (Å²) in [5.74, 6) is -0.250. The first-order valence-corrected chi connectivity index (χ1v) is 4.62. The second kappa shape index (κ2) is 5.44. The van der Waals surface area contributed by atoms with Crippen molar-refractivity contribution < 1.29 is 9.18 Å². The Bertz CT molecular complexity index is 252. The smallest absolute Gasteiger partial charge is 0.228 e. The fourth-order valence-electron chi connectivity index (χ4n) is 1.61. The van der Waals surface area contributed by atoms with Crippen LogP contribution in [-0.4, -0.2) is 37.1 Å². The van der Waals surface area contributed by atoms with Crippen molar-refractivity contribution in [3.8, 4) is 0 Å². The lowest BCUT2D eigenvalue weighted by molar-refractivity contribution is -0.131. The normalized spacial score (nSPS) is 21.5. The molecule has 0 saturated carbocycles. The van der Waals surface area contributed by atoms with Crippen molar-refractivity contribution in [1.29, 1.82) is 0 Å². The molecule has 1 fully saturated rings. The van der Waals surface area contributed by atoms with Crippen molar-refractivity contribution in [2.75, 3.05) is 26.3 Å². The van der Waals surface area contributed by atoms with Crippen LogP contribution in [-0.2, 0) is 4.79 Å². The maximum atomic E-state index is 12.3. The van der Waals surface area contributed by atoms with Gasteiger partial charge in [0.1, 0.15) is 6.54 Å². The second-order valence-electron chi connectivity index (χ2n) is 3.39. The standard InChI is InChI=1S/C8H13FN4O/c9-4-7-2-1-3-13(6-7)8(14)5-11-12-10/h7H,1-6H2/t7-/m0/s1. The number of halogens is 1. The topological polar surface area (TPSA) is 69.1 Å². The van der Waals surface area contributed by atoms with E-state index in [2.05, 4.69) is 10.0 Å². The lowest BCUT2D eigenvalue weighted by atomic mass is 9.99. The van der Waals surface area contributed by atoms with Crippen LogP contribution in [0.4, 0.5) is 4.39 Å². The molecule has 1 atom stereocenters. The largest absolute Gasteiger partial charge is 0.342 e. The summed E-state index contributed by atoms with van der Waals surface area (Å²) in [6.45, 7) is 0.563. The van der Waals surface area contributed by atoms with E-state index in [-0.39, 0.29) is 25.0 Å². The van der Waals surface area contributed by atoms with Gasteiger partial charge in [-0.05, 0) is 18.4 Å². The van der Waals surface area contributed by atoms with Gasteiger partial charge >= 0.3 is 0 Å². The third-order valence-electron chi connectivity index (χ3n) is 2.36. The van der Waals surface area contributed by atoms with E-state index in [0.717, 1.165) is 12.8 Å². The zero-order chi connectivity index (χ0) is 10.4. The highest BCUT2D eigenvalue weighted by molar-refractivity contribution is 5.78. The molecule has 1 rings (SSSR count). The molecule has 1 saturated heterocycles. The van der Waals surface area contributed by atoms with Crippen LogP contribution < -0.4 is 0 Å². The molecule has 0 aromatic carbocycles. The Hall–Kier alpha value is -1.29. The van der Waals surface area contributed by atoms with Crippen LogP contribution in [0.2, 0.25) is 0 Å². The van der Waals surface area contributed by atoms with Gasteiger partial charge in [0.05, 0.1) is 6.67 Å². The summed E-state index contributed by atoms with van der Waals surface area (Å²) in [6.07, 6.45) is 1.67. The Morgan fingerprint density at radius 2 is 2.50 bits per heavy atom. The van der Waals surface area contributed by atoms with Gasteiger partial charge < -0.3 is 4.90 Å². The number of amides is 1. The molecule has 1 aliphatic heterocycles. The quantitative estimate of drug-likeness (QED) is 0.386. The number of nitrogens with zero attached hydrogens (tertiary/aromatic N) is 4. The van der Waals surface area contributed by atoms with Crippen LogP contribution in [0.15, 0.2) is 5.11 Å². The molecule has 1 aliphatic rings. The molecule has 1 amide bonds. The summed E-state index contributed by atoms with van der Waals surface area (Å²) >= 11 is 0. The van der Waals surface area contributed by atoms with Gasteiger partial charge in [-0.1, -0.05) is 5.11 Å². The first-order valence-electron chi connectivity index (χ1n) is 4.62. The van der Waals surface area contributed by atoms with Crippen molar-refractivity contribution in [3.05, 3.63) is 10.4 Å². The SMILES string of the molecule is [N-]=[N+]=NCC(=O)N1CCC[C@@H](CF)C1. The monoisotopic (exact) mass is 200 g/mol. The van der Waals surface area contributed by atoms with Gasteiger partial charge in [-0.2, -0.15) is 0 Å². The molecular weight excluding hydrogens is 187 g/mol. The molecule has 0 aromatic heterocycles. The minimum absolute atomic E-state index is 0.0428. The third-order valence-corrected chi connectivity index (χ3v) is 2.36. The van der Waals surface area contributed by atoms with Crippen molar-refractivity contribution in [3.63, 3.8) is 0 Å². The number of hydrogen-bond donors (Lipinski definition) is 0. The van der Waals surface area contributed by atoms with Crippen molar-refractivity contribution >= 4 is 5.91 Å². The maximum Gasteiger partial charge on any atom is 0.228 e. The molecule has 0 N–H and O–H groups in total. The minimum Gasteiger partial charge on any atom is -0.342 e. The lowest BCUT2D eigenvalue weighted by Crippen LogP contribution is -2.41. The van der Waals surface area contributed by atoms with E-state index < -0.39 is 0 Å². The summed E-state index contributed by atoms with van der Waals surface area (Å²) in [7, 11) is 0. The Morgan fingerprint density at radius 3 is 3.14 bits per heavy atom. The molecule has 6 heteroatoms. The number of carbonyl (C=O) groups is 1. The first kappa shape index (κ1) is 10.8.